The largest absolute Gasteiger partial charge is 0.355 e. The van der Waals surface area contributed by atoms with Crippen LogP contribution in [-0.4, -0.2) is 30.3 Å². The lowest BCUT2D eigenvalue weighted by Crippen LogP contribution is -2.43. The van der Waals surface area contributed by atoms with Gasteiger partial charge in [-0.2, -0.15) is 11.3 Å². The number of piperidine rings is 1. The van der Waals surface area contributed by atoms with Gasteiger partial charge in [0, 0.05) is 26.6 Å². The van der Waals surface area contributed by atoms with Crippen molar-refractivity contribution in [3.8, 4) is 0 Å². The molecule has 1 aliphatic rings. The van der Waals surface area contributed by atoms with Gasteiger partial charge in [-0.3, -0.25) is 9.59 Å². The highest BCUT2D eigenvalue weighted by Gasteiger charge is 2.26. The summed E-state index contributed by atoms with van der Waals surface area (Å²) >= 11 is 1.63. The number of amides is 2. The highest BCUT2D eigenvalue weighted by Crippen LogP contribution is 2.15. The predicted octanol–water partition coefficient (Wildman–Crippen LogP) is 1.23. The van der Waals surface area contributed by atoms with Crippen molar-refractivity contribution in [2.75, 3.05) is 13.6 Å². The van der Waals surface area contributed by atoms with E-state index < -0.39 is 0 Å². The van der Waals surface area contributed by atoms with Crippen molar-refractivity contribution in [1.29, 1.82) is 0 Å². The van der Waals surface area contributed by atoms with Crippen LogP contribution in [0.3, 0.4) is 0 Å². The first-order valence-corrected chi connectivity index (χ1v) is 6.64. The topological polar surface area (TPSA) is 49.4 Å². The van der Waals surface area contributed by atoms with E-state index in [9.17, 15) is 9.59 Å². The molecule has 2 heterocycles. The maximum Gasteiger partial charge on any atom is 0.227 e. The van der Waals surface area contributed by atoms with Gasteiger partial charge in [0.05, 0.1) is 5.92 Å². The van der Waals surface area contributed by atoms with Crippen LogP contribution in [-0.2, 0) is 16.1 Å². The second-order valence-electron chi connectivity index (χ2n) is 4.37. The van der Waals surface area contributed by atoms with Crippen LogP contribution in [0.2, 0.25) is 0 Å². The first kappa shape index (κ1) is 12.1. The van der Waals surface area contributed by atoms with Gasteiger partial charge in [-0.15, -0.1) is 0 Å². The molecular formula is C12H16N2O2S. The molecule has 1 aliphatic heterocycles. The van der Waals surface area contributed by atoms with Crippen LogP contribution in [0.5, 0.6) is 0 Å². The lowest BCUT2D eigenvalue weighted by atomic mass is 9.98. The third kappa shape index (κ3) is 3.06. The van der Waals surface area contributed by atoms with Gasteiger partial charge in [-0.25, -0.2) is 0 Å². The van der Waals surface area contributed by atoms with Gasteiger partial charge in [0.2, 0.25) is 11.8 Å². The van der Waals surface area contributed by atoms with Crippen LogP contribution >= 0.6 is 11.3 Å². The summed E-state index contributed by atoms with van der Waals surface area (Å²) in [5.74, 6) is 0.113. The molecule has 0 radical (unpaired) electrons. The third-order valence-corrected chi connectivity index (χ3v) is 3.72. The van der Waals surface area contributed by atoms with E-state index in [1.807, 2.05) is 23.9 Å². The fourth-order valence-corrected chi connectivity index (χ4v) is 2.65. The highest BCUT2D eigenvalue weighted by atomic mass is 32.1. The van der Waals surface area contributed by atoms with Gasteiger partial charge in [0.25, 0.3) is 0 Å². The summed E-state index contributed by atoms with van der Waals surface area (Å²) < 4.78 is 0. The third-order valence-electron chi connectivity index (χ3n) is 2.99. The predicted molar refractivity (Wildman–Crippen MR) is 66.5 cm³/mol. The number of thiophene rings is 1. The molecule has 1 saturated heterocycles. The van der Waals surface area contributed by atoms with E-state index in [0.29, 0.717) is 25.9 Å². The first-order valence-electron chi connectivity index (χ1n) is 5.69. The average molecular weight is 252 g/mol. The number of rotatable bonds is 3. The molecule has 5 heteroatoms. The van der Waals surface area contributed by atoms with Crippen molar-refractivity contribution in [3.63, 3.8) is 0 Å². The molecule has 1 atom stereocenters. The molecule has 1 aromatic rings. The molecule has 1 unspecified atom stereocenters. The Morgan fingerprint density at radius 1 is 1.65 bits per heavy atom. The van der Waals surface area contributed by atoms with Crippen LogP contribution in [0.1, 0.15) is 18.4 Å². The standard InChI is InChI=1S/C12H16N2O2S/c1-14(7-9-4-5-17-8-9)12(16)10-2-3-11(15)13-6-10/h4-5,8,10H,2-3,6-7H2,1H3,(H,13,15). The van der Waals surface area contributed by atoms with Crippen LogP contribution in [0.25, 0.3) is 0 Å². The average Bonchev–Trinajstić information content (AvgIpc) is 2.82. The van der Waals surface area contributed by atoms with E-state index in [1.165, 1.54) is 0 Å². The van der Waals surface area contributed by atoms with Gasteiger partial charge in [0.1, 0.15) is 0 Å². The van der Waals surface area contributed by atoms with Crippen molar-refractivity contribution in [2.45, 2.75) is 19.4 Å². The molecule has 17 heavy (non-hydrogen) atoms. The maximum absolute atomic E-state index is 12.1. The van der Waals surface area contributed by atoms with E-state index in [0.717, 1.165) is 5.56 Å². The number of hydrogen-bond acceptors (Lipinski definition) is 3. The van der Waals surface area contributed by atoms with Gasteiger partial charge < -0.3 is 10.2 Å². The Morgan fingerprint density at radius 3 is 3.06 bits per heavy atom. The zero-order chi connectivity index (χ0) is 12.3. The first-order chi connectivity index (χ1) is 8.16. The van der Waals surface area contributed by atoms with Gasteiger partial charge in [-0.1, -0.05) is 0 Å². The minimum Gasteiger partial charge on any atom is -0.355 e. The minimum atomic E-state index is -0.0589. The molecule has 0 spiro atoms. The normalized spacial score (nSPS) is 19.8. The zero-order valence-corrected chi connectivity index (χ0v) is 10.6. The number of hydrogen-bond donors (Lipinski definition) is 1. The van der Waals surface area contributed by atoms with Crippen molar-refractivity contribution in [3.05, 3.63) is 22.4 Å². The van der Waals surface area contributed by atoms with Gasteiger partial charge in [0.15, 0.2) is 0 Å². The minimum absolute atomic E-state index is 0.0505. The molecule has 2 rings (SSSR count). The Bertz CT molecular complexity index is 393. The lowest BCUT2D eigenvalue weighted by Gasteiger charge is -2.26. The van der Waals surface area contributed by atoms with Crippen molar-refractivity contribution in [1.82, 2.24) is 10.2 Å². The Hall–Kier alpha value is -1.36. The van der Waals surface area contributed by atoms with Gasteiger partial charge in [-0.05, 0) is 28.8 Å². The summed E-state index contributed by atoms with van der Waals surface area (Å²) in [6, 6.07) is 2.02. The SMILES string of the molecule is CN(Cc1ccsc1)C(=O)C1CCC(=O)NC1. The van der Waals surface area contributed by atoms with E-state index in [-0.39, 0.29) is 17.7 Å². The van der Waals surface area contributed by atoms with E-state index in [1.54, 1.807) is 16.2 Å². The molecule has 0 saturated carbocycles. The molecule has 2 amide bonds. The second kappa shape index (κ2) is 5.31. The molecule has 1 aromatic heterocycles. The molecule has 92 valence electrons. The summed E-state index contributed by atoms with van der Waals surface area (Å²) in [5.41, 5.74) is 1.16. The summed E-state index contributed by atoms with van der Waals surface area (Å²) in [5, 5.41) is 6.80. The van der Waals surface area contributed by atoms with Crippen LogP contribution in [0.4, 0.5) is 0 Å². The summed E-state index contributed by atoms with van der Waals surface area (Å²) in [4.78, 5) is 24.9. The quantitative estimate of drug-likeness (QED) is 0.879. The summed E-state index contributed by atoms with van der Waals surface area (Å²) in [6.45, 7) is 1.12. The van der Waals surface area contributed by atoms with Crippen LogP contribution in [0.15, 0.2) is 16.8 Å². The number of nitrogens with one attached hydrogen (secondary N) is 1. The summed E-state index contributed by atoms with van der Waals surface area (Å²) in [7, 11) is 1.82. The van der Waals surface area contributed by atoms with Gasteiger partial charge >= 0.3 is 0 Å². The maximum atomic E-state index is 12.1. The monoisotopic (exact) mass is 252 g/mol. The number of nitrogens with zero attached hydrogens (tertiary/aromatic N) is 1. The van der Waals surface area contributed by atoms with E-state index >= 15 is 0 Å². The summed E-state index contributed by atoms with van der Waals surface area (Å²) in [6.07, 6.45) is 1.13. The van der Waals surface area contributed by atoms with Crippen molar-refractivity contribution < 1.29 is 9.59 Å². The Labute approximate surface area is 105 Å². The lowest BCUT2D eigenvalue weighted by molar-refractivity contribution is -0.136. The smallest absolute Gasteiger partial charge is 0.227 e. The fraction of sp³-hybridized carbons (Fsp3) is 0.500. The molecule has 0 aliphatic carbocycles. The number of carbonyl (C=O) groups is 2. The molecule has 4 nitrogen and oxygen atoms in total. The fourth-order valence-electron chi connectivity index (χ4n) is 1.99. The molecule has 1 fully saturated rings. The molecular weight excluding hydrogens is 236 g/mol. The van der Waals surface area contributed by atoms with Crippen LogP contribution in [0, 0.1) is 5.92 Å². The second-order valence-corrected chi connectivity index (χ2v) is 5.15. The molecule has 0 bridgehead atoms. The highest BCUT2D eigenvalue weighted by molar-refractivity contribution is 7.07. The van der Waals surface area contributed by atoms with E-state index in [4.69, 9.17) is 0 Å². The Balaban J connectivity index is 1.88. The van der Waals surface area contributed by atoms with Crippen molar-refractivity contribution >= 4 is 23.2 Å². The molecule has 1 N–H and O–H groups in total. The van der Waals surface area contributed by atoms with E-state index in [2.05, 4.69) is 5.32 Å². The number of carbonyl (C=O) groups excluding carboxylic acids is 2. The van der Waals surface area contributed by atoms with Crippen molar-refractivity contribution in [2.24, 2.45) is 5.92 Å². The Morgan fingerprint density at radius 2 is 2.47 bits per heavy atom. The zero-order valence-electron chi connectivity index (χ0n) is 9.81. The van der Waals surface area contributed by atoms with Crippen LogP contribution < -0.4 is 5.32 Å². The Kier molecular flexibility index (Phi) is 3.78. The molecule has 0 aromatic carbocycles.